The van der Waals surface area contributed by atoms with Crippen molar-refractivity contribution in [3.63, 3.8) is 0 Å². The van der Waals surface area contributed by atoms with E-state index in [1.54, 1.807) is 41.8 Å². The maximum atomic E-state index is 12.6. The number of ether oxygens (including phenoxy) is 1. The molecule has 0 unspecified atom stereocenters. The zero-order valence-electron chi connectivity index (χ0n) is 13.5. The summed E-state index contributed by atoms with van der Waals surface area (Å²) in [7, 11) is 3.45. The predicted molar refractivity (Wildman–Crippen MR) is 96.9 cm³/mol. The number of fused-ring (bicyclic) bond motifs is 1. The van der Waals surface area contributed by atoms with Gasteiger partial charge in [-0.1, -0.05) is 23.9 Å². The van der Waals surface area contributed by atoms with E-state index >= 15 is 0 Å². The number of nitrogens with zero attached hydrogens (tertiary/aromatic N) is 2. The number of thioether (sulfide) groups is 1. The summed E-state index contributed by atoms with van der Waals surface area (Å²) in [6.07, 6.45) is 0. The Hall–Kier alpha value is -1.79. The number of thiophene rings is 1. The quantitative estimate of drug-likeness (QED) is 0.531. The molecule has 3 rings (SSSR count). The fourth-order valence-electron chi connectivity index (χ4n) is 2.35. The van der Waals surface area contributed by atoms with E-state index in [9.17, 15) is 4.79 Å². The van der Waals surface area contributed by atoms with E-state index in [4.69, 9.17) is 4.74 Å². The van der Waals surface area contributed by atoms with Gasteiger partial charge in [0.15, 0.2) is 5.16 Å². The molecule has 4 nitrogen and oxygen atoms in total. The van der Waals surface area contributed by atoms with E-state index in [1.807, 2.05) is 38.1 Å². The van der Waals surface area contributed by atoms with Gasteiger partial charge < -0.3 is 4.74 Å². The molecule has 0 fully saturated rings. The number of hydrogen-bond donors (Lipinski definition) is 0. The zero-order chi connectivity index (χ0) is 16.6. The Kier molecular flexibility index (Phi) is 4.46. The summed E-state index contributed by atoms with van der Waals surface area (Å²) in [5, 5.41) is 1.50. The predicted octanol–water partition coefficient (Wildman–Crippen LogP) is 3.91. The highest BCUT2D eigenvalue weighted by atomic mass is 32.2. The fourth-order valence-corrected chi connectivity index (χ4v) is 4.35. The lowest BCUT2D eigenvalue weighted by Crippen LogP contribution is -2.19. The highest BCUT2D eigenvalue weighted by molar-refractivity contribution is 7.98. The summed E-state index contributed by atoms with van der Waals surface area (Å²) in [4.78, 5) is 19.3. The van der Waals surface area contributed by atoms with Gasteiger partial charge in [0.05, 0.1) is 12.5 Å². The minimum absolute atomic E-state index is 0.0362. The van der Waals surface area contributed by atoms with Gasteiger partial charge in [0.2, 0.25) is 0 Å². The summed E-state index contributed by atoms with van der Waals surface area (Å²) < 4.78 is 6.81. The molecule has 0 amide bonds. The van der Waals surface area contributed by atoms with Gasteiger partial charge in [-0.15, -0.1) is 11.3 Å². The van der Waals surface area contributed by atoms with Crippen LogP contribution in [-0.2, 0) is 12.8 Å². The summed E-state index contributed by atoms with van der Waals surface area (Å²) in [6, 6.07) is 7.94. The van der Waals surface area contributed by atoms with Crippen molar-refractivity contribution < 1.29 is 4.74 Å². The average molecular weight is 346 g/mol. The second-order valence-electron chi connectivity index (χ2n) is 5.36. The van der Waals surface area contributed by atoms with Crippen molar-refractivity contribution in [2.45, 2.75) is 24.8 Å². The topological polar surface area (TPSA) is 44.1 Å². The molecule has 0 aliphatic rings. The average Bonchev–Trinajstić information content (AvgIpc) is 2.84. The smallest absolute Gasteiger partial charge is 0.262 e. The highest BCUT2D eigenvalue weighted by Gasteiger charge is 2.14. The molecule has 0 bridgehead atoms. The SMILES string of the molecule is COc1ccc(CSc2nc3sc(C)c(C)c3c(=O)n2C)cc1. The van der Waals surface area contributed by atoms with Crippen LogP contribution in [0.5, 0.6) is 5.75 Å². The van der Waals surface area contributed by atoms with Gasteiger partial charge in [-0.3, -0.25) is 9.36 Å². The number of rotatable bonds is 4. The van der Waals surface area contributed by atoms with E-state index in [-0.39, 0.29) is 5.56 Å². The second kappa shape index (κ2) is 6.37. The maximum Gasteiger partial charge on any atom is 0.262 e. The summed E-state index contributed by atoms with van der Waals surface area (Å²) in [6.45, 7) is 4.02. The van der Waals surface area contributed by atoms with Crippen LogP contribution >= 0.6 is 23.1 Å². The molecule has 0 saturated carbocycles. The molecule has 0 aliphatic heterocycles. The number of aryl methyl sites for hydroxylation is 2. The van der Waals surface area contributed by atoms with Crippen LogP contribution in [0, 0.1) is 13.8 Å². The van der Waals surface area contributed by atoms with Crippen LogP contribution in [0.15, 0.2) is 34.2 Å². The van der Waals surface area contributed by atoms with Crippen molar-refractivity contribution in [3.05, 3.63) is 50.6 Å². The largest absolute Gasteiger partial charge is 0.497 e. The molecule has 2 aromatic heterocycles. The molecule has 0 saturated heterocycles. The van der Waals surface area contributed by atoms with Crippen LogP contribution in [0.2, 0.25) is 0 Å². The Labute approximate surface area is 143 Å². The number of methoxy groups -OCH3 is 1. The first-order valence-corrected chi connectivity index (χ1v) is 9.04. The maximum absolute atomic E-state index is 12.6. The van der Waals surface area contributed by atoms with Gasteiger partial charge in [0.1, 0.15) is 10.6 Å². The van der Waals surface area contributed by atoms with Gasteiger partial charge in [-0.2, -0.15) is 0 Å². The molecular formula is C17H18N2O2S2. The van der Waals surface area contributed by atoms with Crippen LogP contribution in [0.3, 0.4) is 0 Å². The van der Waals surface area contributed by atoms with Crippen molar-refractivity contribution >= 4 is 33.3 Å². The van der Waals surface area contributed by atoms with Crippen LogP contribution in [0.1, 0.15) is 16.0 Å². The number of benzene rings is 1. The second-order valence-corrected chi connectivity index (χ2v) is 7.50. The van der Waals surface area contributed by atoms with Gasteiger partial charge in [0, 0.05) is 17.7 Å². The molecule has 120 valence electrons. The molecule has 0 spiro atoms. The first-order valence-electron chi connectivity index (χ1n) is 7.23. The fraction of sp³-hybridized carbons (Fsp3) is 0.294. The molecule has 6 heteroatoms. The monoisotopic (exact) mass is 346 g/mol. The van der Waals surface area contributed by atoms with Crippen molar-refractivity contribution in [1.29, 1.82) is 0 Å². The van der Waals surface area contributed by atoms with Crippen LogP contribution in [-0.4, -0.2) is 16.7 Å². The Morgan fingerprint density at radius 2 is 1.96 bits per heavy atom. The minimum Gasteiger partial charge on any atom is -0.497 e. The lowest BCUT2D eigenvalue weighted by Gasteiger charge is -2.08. The summed E-state index contributed by atoms with van der Waals surface area (Å²) in [5.41, 5.74) is 2.25. The molecule has 23 heavy (non-hydrogen) atoms. The van der Waals surface area contributed by atoms with E-state index in [1.165, 1.54) is 5.56 Å². The number of aromatic nitrogens is 2. The Balaban J connectivity index is 1.90. The van der Waals surface area contributed by atoms with E-state index in [0.29, 0.717) is 0 Å². The molecule has 1 aromatic carbocycles. The highest BCUT2D eigenvalue weighted by Crippen LogP contribution is 2.29. The first-order chi connectivity index (χ1) is 11.0. The third-order valence-electron chi connectivity index (χ3n) is 3.90. The molecular weight excluding hydrogens is 328 g/mol. The Bertz CT molecular complexity index is 911. The van der Waals surface area contributed by atoms with Gasteiger partial charge in [-0.05, 0) is 37.1 Å². The van der Waals surface area contributed by atoms with E-state index < -0.39 is 0 Å². The van der Waals surface area contributed by atoms with Crippen LogP contribution < -0.4 is 10.3 Å². The molecule has 2 heterocycles. The van der Waals surface area contributed by atoms with Crippen molar-refractivity contribution in [3.8, 4) is 5.75 Å². The normalized spacial score (nSPS) is 11.1. The first kappa shape index (κ1) is 16.1. The van der Waals surface area contributed by atoms with Gasteiger partial charge in [0.25, 0.3) is 5.56 Å². The Morgan fingerprint density at radius 3 is 2.61 bits per heavy atom. The molecule has 0 atom stereocenters. The van der Waals surface area contributed by atoms with Gasteiger partial charge >= 0.3 is 0 Å². The molecule has 0 N–H and O–H groups in total. The number of hydrogen-bond acceptors (Lipinski definition) is 5. The van der Waals surface area contributed by atoms with Crippen molar-refractivity contribution in [2.24, 2.45) is 7.05 Å². The molecule has 0 aliphatic carbocycles. The van der Waals surface area contributed by atoms with Crippen molar-refractivity contribution in [1.82, 2.24) is 9.55 Å². The molecule has 0 radical (unpaired) electrons. The minimum atomic E-state index is 0.0362. The third-order valence-corrected chi connectivity index (χ3v) is 6.10. The van der Waals surface area contributed by atoms with Crippen LogP contribution in [0.4, 0.5) is 0 Å². The Morgan fingerprint density at radius 1 is 1.26 bits per heavy atom. The zero-order valence-corrected chi connectivity index (χ0v) is 15.2. The molecule has 3 aromatic rings. The standard InChI is InChI=1S/C17H18N2O2S2/c1-10-11(2)23-15-14(10)16(20)19(3)17(18-15)22-9-12-5-7-13(21-4)8-6-12/h5-8H,9H2,1-4H3. The third kappa shape index (κ3) is 3.01. The van der Waals surface area contributed by atoms with E-state index in [2.05, 4.69) is 4.98 Å². The summed E-state index contributed by atoms with van der Waals surface area (Å²) >= 11 is 3.16. The lowest BCUT2D eigenvalue weighted by molar-refractivity contribution is 0.414. The lowest BCUT2D eigenvalue weighted by atomic mass is 10.2. The van der Waals surface area contributed by atoms with Crippen molar-refractivity contribution in [2.75, 3.05) is 7.11 Å². The van der Waals surface area contributed by atoms with Crippen LogP contribution in [0.25, 0.3) is 10.2 Å². The van der Waals surface area contributed by atoms with E-state index in [0.717, 1.165) is 37.3 Å². The summed E-state index contributed by atoms with van der Waals surface area (Å²) in [5.74, 6) is 1.61. The van der Waals surface area contributed by atoms with Gasteiger partial charge in [-0.25, -0.2) is 4.98 Å².